The van der Waals surface area contributed by atoms with E-state index < -0.39 is 11.8 Å². The number of carbonyl (C=O) groups excluding carboxylic acids is 2. The second-order valence-corrected chi connectivity index (χ2v) is 7.79. The summed E-state index contributed by atoms with van der Waals surface area (Å²) in [5.41, 5.74) is 6.66. The van der Waals surface area contributed by atoms with E-state index in [2.05, 4.69) is 15.8 Å². The molecule has 0 atom stereocenters. The quantitative estimate of drug-likeness (QED) is 0.331. The summed E-state index contributed by atoms with van der Waals surface area (Å²) in [5, 5.41) is 7.64. The highest BCUT2D eigenvalue weighted by molar-refractivity contribution is 6.35. The van der Waals surface area contributed by atoms with Crippen molar-refractivity contribution >= 4 is 41.2 Å². The second-order valence-electron chi connectivity index (χ2n) is 6.95. The maximum atomic E-state index is 12.0. The van der Waals surface area contributed by atoms with Gasteiger partial charge in [0, 0.05) is 28.5 Å². The first kappa shape index (κ1) is 22.6. The van der Waals surface area contributed by atoms with Crippen LogP contribution in [-0.2, 0) is 16.0 Å². The van der Waals surface area contributed by atoms with Gasteiger partial charge in [0.1, 0.15) is 0 Å². The highest BCUT2D eigenvalue weighted by atomic mass is 35.5. The highest BCUT2D eigenvalue weighted by Gasteiger charge is 2.14. The Morgan fingerprint density at radius 2 is 1.77 bits per heavy atom. The van der Waals surface area contributed by atoms with Crippen molar-refractivity contribution in [2.45, 2.75) is 20.3 Å². The van der Waals surface area contributed by atoms with E-state index in [4.69, 9.17) is 23.2 Å². The number of amides is 2. The molecule has 1 heterocycles. The predicted octanol–water partition coefficient (Wildman–Crippen LogP) is 4.21. The van der Waals surface area contributed by atoms with E-state index in [0.717, 1.165) is 28.2 Å². The Hall–Kier alpha value is -3.09. The topological polar surface area (TPSA) is 75.5 Å². The van der Waals surface area contributed by atoms with E-state index in [9.17, 15) is 9.59 Å². The van der Waals surface area contributed by atoms with E-state index in [-0.39, 0.29) is 0 Å². The molecule has 8 heteroatoms. The van der Waals surface area contributed by atoms with Gasteiger partial charge in [-0.15, -0.1) is 0 Å². The van der Waals surface area contributed by atoms with E-state index in [1.165, 1.54) is 6.21 Å². The Kier molecular flexibility index (Phi) is 7.50. The molecule has 0 aliphatic carbocycles. The van der Waals surface area contributed by atoms with Gasteiger partial charge in [-0.3, -0.25) is 9.59 Å². The van der Waals surface area contributed by atoms with Gasteiger partial charge in [-0.25, -0.2) is 5.43 Å². The summed E-state index contributed by atoms with van der Waals surface area (Å²) in [6.45, 7) is 4.20. The monoisotopic (exact) mass is 456 g/mol. The van der Waals surface area contributed by atoms with E-state index in [0.29, 0.717) is 23.0 Å². The fourth-order valence-corrected chi connectivity index (χ4v) is 3.57. The molecular formula is C23H22Cl2N4O2. The number of aromatic nitrogens is 1. The Morgan fingerprint density at radius 3 is 2.52 bits per heavy atom. The van der Waals surface area contributed by atoms with Gasteiger partial charge < -0.3 is 9.88 Å². The molecule has 0 saturated carbocycles. The average molecular weight is 457 g/mol. The molecule has 6 nitrogen and oxygen atoms in total. The van der Waals surface area contributed by atoms with Crippen LogP contribution in [0.1, 0.15) is 22.5 Å². The first-order valence-corrected chi connectivity index (χ1v) is 10.4. The van der Waals surface area contributed by atoms with Gasteiger partial charge in [-0.1, -0.05) is 53.5 Å². The van der Waals surface area contributed by atoms with Crippen LogP contribution < -0.4 is 10.7 Å². The number of aryl methyl sites for hydroxylation is 1. The van der Waals surface area contributed by atoms with E-state index in [1.807, 2.05) is 54.8 Å². The fraction of sp³-hybridized carbons (Fsp3) is 0.174. The number of hydrazone groups is 1. The molecule has 2 N–H and O–H groups in total. The Bertz CT molecular complexity index is 1120. The summed E-state index contributed by atoms with van der Waals surface area (Å²) in [7, 11) is 0. The van der Waals surface area contributed by atoms with Gasteiger partial charge >= 0.3 is 11.8 Å². The zero-order valence-corrected chi connectivity index (χ0v) is 18.7. The van der Waals surface area contributed by atoms with Gasteiger partial charge in [-0.2, -0.15) is 5.10 Å². The Labute approximate surface area is 190 Å². The van der Waals surface area contributed by atoms with Crippen LogP contribution in [0.3, 0.4) is 0 Å². The predicted molar refractivity (Wildman–Crippen MR) is 124 cm³/mol. The third-order valence-electron chi connectivity index (χ3n) is 4.74. The van der Waals surface area contributed by atoms with Gasteiger partial charge in [-0.05, 0) is 50.1 Å². The van der Waals surface area contributed by atoms with Gasteiger partial charge in [0.2, 0.25) is 0 Å². The summed E-state index contributed by atoms with van der Waals surface area (Å²) < 4.78 is 1.95. The lowest BCUT2D eigenvalue weighted by molar-refractivity contribution is -0.139. The lowest BCUT2D eigenvalue weighted by Crippen LogP contribution is -2.38. The van der Waals surface area contributed by atoms with Crippen molar-refractivity contribution in [1.29, 1.82) is 0 Å². The first-order chi connectivity index (χ1) is 14.9. The summed E-state index contributed by atoms with van der Waals surface area (Å²) >= 11 is 12.4. The number of carbonyl (C=O) groups is 2. The normalized spacial score (nSPS) is 11.0. The molecule has 0 fully saturated rings. The van der Waals surface area contributed by atoms with Crippen LogP contribution in [0.15, 0.2) is 59.7 Å². The zero-order valence-electron chi connectivity index (χ0n) is 17.2. The lowest BCUT2D eigenvalue weighted by atomic mass is 10.1. The smallest absolute Gasteiger partial charge is 0.329 e. The van der Waals surface area contributed by atoms with Crippen molar-refractivity contribution in [2.24, 2.45) is 5.10 Å². The van der Waals surface area contributed by atoms with Gasteiger partial charge in [0.15, 0.2) is 0 Å². The van der Waals surface area contributed by atoms with Crippen LogP contribution in [0.25, 0.3) is 5.69 Å². The number of benzene rings is 2. The van der Waals surface area contributed by atoms with Crippen LogP contribution in [0, 0.1) is 13.8 Å². The van der Waals surface area contributed by atoms with Crippen LogP contribution in [0.5, 0.6) is 0 Å². The molecule has 2 aromatic carbocycles. The molecule has 3 rings (SSSR count). The second kappa shape index (κ2) is 10.3. The summed E-state index contributed by atoms with van der Waals surface area (Å²) in [5.74, 6) is -1.56. The molecule has 160 valence electrons. The average Bonchev–Trinajstić information content (AvgIpc) is 3.03. The molecule has 1 aromatic heterocycles. The van der Waals surface area contributed by atoms with Crippen LogP contribution >= 0.6 is 23.2 Å². The molecule has 2 amide bonds. The number of nitrogens with zero attached hydrogens (tertiary/aromatic N) is 2. The van der Waals surface area contributed by atoms with Crippen molar-refractivity contribution in [3.05, 3.63) is 87.2 Å². The molecule has 0 bridgehead atoms. The number of rotatable bonds is 6. The minimum atomic E-state index is -0.823. The molecule has 0 aliphatic rings. The summed E-state index contributed by atoms with van der Waals surface area (Å²) in [6.07, 6.45) is 2.13. The van der Waals surface area contributed by atoms with Crippen LogP contribution in [0.4, 0.5) is 0 Å². The standard InChI is InChI=1S/C23H22Cl2N4O2/c1-15-12-18(16(2)29(15)21-13-19(24)8-9-20(21)25)14-27-28-23(31)22(30)26-11-10-17-6-4-3-5-7-17/h3-9,12-14H,10-11H2,1-2H3,(H,26,30)(H,28,31)/b27-14-. The molecule has 0 spiro atoms. The minimum Gasteiger partial charge on any atom is -0.347 e. The molecule has 0 saturated heterocycles. The van der Waals surface area contributed by atoms with E-state index >= 15 is 0 Å². The number of hydrogen-bond donors (Lipinski definition) is 2. The first-order valence-electron chi connectivity index (χ1n) is 9.66. The van der Waals surface area contributed by atoms with Crippen LogP contribution in [-0.4, -0.2) is 29.1 Å². The molecule has 0 aliphatic heterocycles. The molecular weight excluding hydrogens is 435 g/mol. The summed E-state index contributed by atoms with van der Waals surface area (Å²) in [4.78, 5) is 23.9. The zero-order chi connectivity index (χ0) is 22.4. The maximum Gasteiger partial charge on any atom is 0.329 e. The van der Waals surface area contributed by atoms with Crippen molar-refractivity contribution in [3.8, 4) is 5.69 Å². The largest absolute Gasteiger partial charge is 0.347 e. The maximum absolute atomic E-state index is 12.0. The molecule has 31 heavy (non-hydrogen) atoms. The molecule has 3 aromatic rings. The van der Waals surface area contributed by atoms with Crippen LogP contribution in [0.2, 0.25) is 10.0 Å². The van der Waals surface area contributed by atoms with Crippen molar-refractivity contribution in [1.82, 2.24) is 15.3 Å². The number of nitrogens with one attached hydrogen (secondary N) is 2. The number of halogens is 2. The Balaban J connectivity index is 1.60. The molecule has 0 unspecified atom stereocenters. The highest BCUT2D eigenvalue weighted by Crippen LogP contribution is 2.28. The third-order valence-corrected chi connectivity index (χ3v) is 5.29. The fourth-order valence-electron chi connectivity index (χ4n) is 3.20. The van der Waals surface area contributed by atoms with E-state index in [1.54, 1.807) is 18.2 Å². The third kappa shape index (κ3) is 5.75. The Morgan fingerprint density at radius 1 is 1.03 bits per heavy atom. The van der Waals surface area contributed by atoms with Gasteiger partial charge in [0.05, 0.1) is 16.9 Å². The van der Waals surface area contributed by atoms with Crippen molar-refractivity contribution in [2.75, 3.05) is 6.54 Å². The van der Waals surface area contributed by atoms with Gasteiger partial charge in [0.25, 0.3) is 0 Å². The summed E-state index contributed by atoms with van der Waals surface area (Å²) in [6, 6.07) is 16.9. The number of hydrogen-bond acceptors (Lipinski definition) is 3. The minimum absolute atomic E-state index is 0.363. The van der Waals surface area contributed by atoms with Crippen molar-refractivity contribution < 1.29 is 9.59 Å². The SMILES string of the molecule is Cc1cc(/C=N\NC(=O)C(=O)NCCc2ccccc2)c(C)n1-c1cc(Cl)ccc1Cl. The lowest BCUT2D eigenvalue weighted by Gasteiger charge is -2.12. The molecule has 0 radical (unpaired) electrons. The van der Waals surface area contributed by atoms with Crippen molar-refractivity contribution in [3.63, 3.8) is 0 Å².